The maximum Gasteiger partial charge on any atom is 0.0406 e. The van der Waals surface area contributed by atoms with E-state index >= 15 is 0 Å². The van der Waals surface area contributed by atoms with Gasteiger partial charge in [-0.2, -0.15) is 0 Å². The van der Waals surface area contributed by atoms with Crippen LogP contribution in [0.5, 0.6) is 0 Å². The van der Waals surface area contributed by atoms with Crippen molar-refractivity contribution < 1.29 is 4.21 Å². The van der Waals surface area contributed by atoms with Crippen LogP contribution in [0.15, 0.2) is 24.3 Å². The average molecular weight is 288 g/mol. The highest BCUT2D eigenvalue weighted by Gasteiger charge is 2.18. The minimum Gasteiger partial charge on any atom is -0.309 e. The van der Waals surface area contributed by atoms with Crippen LogP contribution in [0.2, 0.25) is 5.02 Å². The van der Waals surface area contributed by atoms with Crippen LogP contribution in [0.1, 0.15) is 39.3 Å². The van der Waals surface area contributed by atoms with Crippen molar-refractivity contribution in [2.45, 2.75) is 38.5 Å². The lowest BCUT2D eigenvalue weighted by atomic mass is 10.1. The van der Waals surface area contributed by atoms with E-state index in [0.717, 1.165) is 11.6 Å². The monoisotopic (exact) mass is 287 g/mol. The van der Waals surface area contributed by atoms with Crippen molar-refractivity contribution in [1.29, 1.82) is 0 Å². The van der Waals surface area contributed by atoms with Crippen LogP contribution in [-0.2, 0) is 10.8 Å². The van der Waals surface area contributed by atoms with Crippen LogP contribution in [0.3, 0.4) is 0 Å². The van der Waals surface area contributed by atoms with Gasteiger partial charge in [0.15, 0.2) is 0 Å². The Hall–Kier alpha value is -0.380. The molecule has 1 N–H and O–H groups in total. The topological polar surface area (TPSA) is 29.1 Å². The van der Waals surface area contributed by atoms with Gasteiger partial charge >= 0.3 is 0 Å². The summed E-state index contributed by atoms with van der Waals surface area (Å²) in [4.78, 5) is 0. The van der Waals surface area contributed by atoms with Gasteiger partial charge in [-0.05, 0) is 45.4 Å². The Kier molecular flexibility index (Phi) is 5.83. The molecule has 0 heterocycles. The number of rotatable bonds is 5. The van der Waals surface area contributed by atoms with Gasteiger partial charge in [0.05, 0.1) is 0 Å². The summed E-state index contributed by atoms with van der Waals surface area (Å²) >= 11 is 5.85. The molecule has 102 valence electrons. The molecule has 0 spiro atoms. The molecule has 0 bridgehead atoms. The summed E-state index contributed by atoms with van der Waals surface area (Å²) in [6.07, 6.45) is 0. The van der Waals surface area contributed by atoms with Crippen molar-refractivity contribution in [3.63, 3.8) is 0 Å². The zero-order chi connectivity index (χ0) is 13.8. The minimum atomic E-state index is -0.797. The SMILES string of the molecule is C[C@H](NCC[S@](=O)C(C)(C)C)c1ccc(Cl)cc1. The Balaban J connectivity index is 2.40. The number of nitrogens with one attached hydrogen (secondary N) is 1. The summed E-state index contributed by atoms with van der Waals surface area (Å²) in [5, 5.41) is 4.14. The van der Waals surface area contributed by atoms with E-state index in [0.29, 0.717) is 5.75 Å². The molecule has 0 radical (unpaired) electrons. The lowest BCUT2D eigenvalue weighted by molar-refractivity contribution is 0.591. The summed E-state index contributed by atoms with van der Waals surface area (Å²) in [7, 11) is -0.797. The van der Waals surface area contributed by atoms with Crippen LogP contribution in [0, 0.1) is 0 Å². The maximum absolute atomic E-state index is 11.9. The van der Waals surface area contributed by atoms with Crippen LogP contribution in [0.25, 0.3) is 0 Å². The summed E-state index contributed by atoms with van der Waals surface area (Å²) in [5.74, 6) is 0.682. The lowest BCUT2D eigenvalue weighted by Gasteiger charge is -2.19. The van der Waals surface area contributed by atoms with E-state index in [9.17, 15) is 4.21 Å². The highest BCUT2D eigenvalue weighted by atomic mass is 35.5. The molecule has 1 rings (SSSR count). The molecule has 2 nitrogen and oxygen atoms in total. The second kappa shape index (κ2) is 6.69. The number of benzene rings is 1. The first-order valence-corrected chi connectivity index (χ1v) is 7.87. The van der Waals surface area contributed by atoms with Gasteiger partial charge < -0.3 is 5.32 Å². The Morgan fingerprint density at radius 3 is 2.33 bits per heavy atom. The number of halogens is 1. The lowest BCUT2D eigenvalue weighted by Crippen LogP contribution is -2.30. The van der Waals surface area contributed by atoms with Gasteiger partial charge in [-0.3, -0.25) is 4.21 Å². The first kappa shape index (κ1) is 15.7. The van der Waals surface area contributed by atoms with E-state index in [4.69, 9.17) is 11.6 Å². The molecular formula is C14H22ClNOS. The Morgan fingerprint density at radius 1 is 1.28 bits per heavy atom. The van der Waals surface area contributed by atoms with Gasteiger partial charge in [-0.25, -0.2) is 0 Å². The number of hydrogen-bond acceptors (Lipinski definition) is 2. The molecule has 0 saturated heterocycles. The molecule has 0 aromatic heterocycles. The third kappa shape index (κ3) is 5.09. The molecule has 0 amide bonds. The summed E-state index contributed by atoms with van der Waals surface area (Å²) in [6.45, 7) is 8.88. The predicted molar refractivity (Wildman–Crippen MR) is 80.6 cm³/mol. The predicted octanol–water partition coefficient (Wildman–Crippen LogP) is 3.54. The van der Waals surface area contributed by atoms with Gasteiger partial charge in [0.1, 0.15) is 0 Å². The molecule has 1 aromatic rings. The molecule has 0 saturated carbocycles. The normalized spacial score (nSPS) is 15.4. The summed E-state index contributed by atoms with van der Waals surface area (Å²) in [6, 6.07) is 8.06. The van der Waals surface area contributed by atoms with Gasteiger partial charge in [0, 0.05) is 38.9 Å². The summed E-state index contributed by atoms with van der Waals surface area (Å²) in [5.41, 5.74) is 1.20. The molecule has 0 unspecified atom stereocenters. The molecule has 0 fully saturated rings. The smallest absolute Gasteiger partial charge is 0.0406 e. The molecule has 1 aromatic carbocycles. The van der Waals surface area contributed by atoms with E-state index in [1.54, 1.807) is 0 Å². The van der Waals surface area contributed by atoms with Crippen molar-refractivity contribution in [2.75, 3.05) is 12.3 Å². The Bertz CT molecular complexity index is 397. The minimum absolute atomic E-state index is 0.134. The van der Waals surface area contributed by atoms with Crippen molar-refractivity contribution in [2.24, 2.45) is 0 Å². The van der Waals surface area contributed by atoms with Crippen molar-refractivity contribution in [3.05, 3.63) is 34.9 Å². The summed E-state index contributed by atoms with van der Waals surface area (Å²) < 4.78 is 11.7. The quantitative estimate of drug-likeness (QED) is 0.897. The van der Waals surface area contributed by atoms with Crippen LogP contribution in [-0.4, -0.2) is 21.3 Å². The standard InChI is InChI=1S/C14H22ClNOS/c1-11(12-5-7-13(15)8-6-12)16-9-10-18(17)14(2,3)4/h5-8,11,16H,9-10H2,1-4H3/t11-,18-/m0/s1. The van der Waals surface area contributed by atoms with E-state index in [1.807, 2.05) is 45.0 Å². The average Bonchev–Trinajstić information content (AvgIpc) is 2.28. The highest BCUT2D eigenvalue weighted by Crippen LogP contribution is 2.16. The molecule has 18 heavy (non-hydrogen) atoms. The van der Waals surface area contributed by atoms with Gasteiger partial charge in [-0.15, -0.1) is 0 Å². The van der Waals surface area contributed by atoms with Gasteiger partial charge in [0.2, 0.25) is 0 Å². The van der Waals surface area contributed by atoms with E-state index < -0.39 is 10.8 Å². The Labute approximate surface area is 118 Å². The van der Waals surface area contributed by atoms with Gasteiger partial charge in [-0.1, -0.05) is 23.7 Å². The first-order chi connectivity index (χ1) is 8.30. The fourth-order valence-corrected chi connectivity index (χ4v) is 2.59. The van der Waals surface area contributed by atoms with Crippen LogP contribution >= 0.6 is 11.6 Å². The largest absolute Gasteiger partial charge is 0.309 e. The van der Waals surface area contributed by atoms with E-state index in [2.05, 4.69) is 12.2 Å². The van der Waals surface area contributed by atoms with E-state index in [-0.39, 0.29) is 10.8 Å². The Morgan fingerprint density at radius 2 is 1.83 bits per heavy atom. The second-order valence-corrected chi connectivity index (χ2v) is 8.15. The van der Waals surface area contributed by atoms with Gasteiger partial charge in [0.25, 0.3) is 0 Å². The first-order valence-electron chi connectivity index (χ1n) is 6.18. The van der Waals surface area contributed by atoms with Crippen molar-refractivity contribution in [3.8, 4) is 0 Å². The highest BCUT2D eigenvalue weighted by molar-refractivity contribution is 7.86. The third-order valence-electron chi connectivity index (χ3n) is 2.79. The van der Waals surface area contributed by atoms with Crippen molar-refractivity contribution in [1.82, 2.24) is 5.32 Å². The second-order valence-electron chi connectivity index (χ2n) is 5.39. The number of hydrogen-bond donors (Lipinski definition) is 1. The van der Waals surface area contributed by atoms with E-state index in [1.165, 1.54) is 5.56 Å². The zero-order valence-electron chi connectivity index (χ0n) is 11.5. The molecule has 0 aliphatic carbocycles. The van der Waals surface area contributed by atoms with Crippen molar-refractivity contribution >= 4 is 22.4 Å². The fraction of sp³-hybridized carbons (Fsp3) is 0.571. The van der Waals surface area contributed by atoms with Crippen LogP contribution < -0.4 is 5.32 Å². The zero-order valence-corrected chi connectivity index (χ0v) is 13.1. The maximum atomic E-state index is 11.9. The molecule has 0 aliphatic rings. The molecule has 4 heteroatoms. The fourth-order valence-electron chi connectivity index (χ4n) is 1.54. The third-order valence-corrected chi connectivity index (χ3v) is 4.98. The molecule has 2 atom stereocenters. The molecular weight excluding hydrogens is 266 g/mol. The van der Waals surface area contributed by atoms with Crippen LogP contribution in [0.4, 0.5) is 0 Å². The molecule has 0 aliphatic heterocycles.